The van der Waals surface area contributed by atoms with Gasteiger partial charge in [-0.1, -0.05) is 11.1 Å². The van der Waals surface area contributed by atoms with E-state index in [0.717, 1.165) is 0 Å². The quantitative estimate of drug-likeness (QED) is 0.478. The van der Waals surface area contributed by atoms with Crippen LogP contribution in [-0.4, -0.2) is 0 Å². The van der Waals surface area contributed by atoms with E-state index in [1.807, 2.05) is 0 Å². The first-order chi connectivity index (χ1) is 4.63. The molecule has 1 aliphatic rings. The van der Waals surface area contributed by atoms with Gasteiger partial charge in [0, 0.05) is 0 Å². The summed E-state index contributed by atoms with van der Waals surface area (Å²) >= 11 is 0. The summed E-state index contributed by atoms with van der Waals surface area (Å²) in [6.45, 7) is 8.82. The lowest BCUT2D eigenvalue weighted by atomic mass is 9.80. The first-order valence-electron chi connectivity index (χ1n) is 3.96. The molecular formula is C10H16. The van der Waals surface area contributed by atoms with Crippen LogP contribution in [0.1, 0.15) is 40.5 Å². The molecular weight excluding hydrogens is 120 g/mol. The highest BCUT2D eigenvalue weighted by atomic mass is 14.2. The topological polar surface area (TPSA) is 0 Å². The molecule has 0 amide bonds. The Balaban J connectivity index is 2.89. The molecule has 0 aromatic rings. The molecule has 0 heterocycles. The Hall–Kier alpha value is -0.520. The molecule has 0 unspecified atom stereocenters. The van der Waals surface area contributed by atoms with Crippen molar-refractivity contribution in [3.05, 3.63) is 22.3 Å². The fourth-order valence-corrected chi connectivity index (χ4v) is 1.48. The average Bonchev–Trinajstić information content (AvgIpc) is 1.56. The molecule has 1 aliphatic carbocycles. The molecule has 0 aliphatic heterocycles. The van der Waals surface area contributed by atoms with E-state index in [1.165, 1.54) is 24.0 Å². The van der Waals surface area contributed by atoms with Crippen LogP contribution in [0.25, 0.3) is 0 Å². The summed E-state index contributed by atoms with van der Waals surface area (Å²) < 4.78 is 0. The zero-order valence-corrected chi connectivity index (χ0v) is 7.41. The molecule has 0 heteroatoms. The summed E-state index contributed by atoms with van der Waals surface area (Å²) in [6.07, 6.45) is 2.62. The highest BCUT2D eigenvalue weighted by Gasteiger charge is 2.17. The van der Waals surface area contributed by atoms with Gasteiger partial charge in [-0.3, -0.25) is 0 Å². The number of hydrogen-bond donors (Lipinski definition) is 0. The SMILES string of the molecule is CC(C)=C1CCC1=C(C)C. The Labute approximate surface area is 63.6 Å². The molecule has 0 bridgehead atoms. The van der Waals surface area contributed by atoms with Crippen molar-refractivity contribution >= 4 is 0 Å². The predicted octanol–water partition coefficient (Wildman–Crippen LogP) is 3.45. The van der Waals surface area contributed by atoms with E-state index < -0.39 is 0 Å². The van der Waals surface area contributed by atoms with Crippen LogP contribution >= 0.6 is 0 Å². The predicted molar refractivity (Wildman–Crippen MR) is 46.0 cm³/mol. The Bertz CT molecular complexity index is 172. The van der Waals surface area contributed by atoms with E-state index in [4.69, 9.17) is 0 Å². The molecule has 0 saturated heterocycles. The van der Waals surface area contributed by atoms with Crippen molar-refractivity contribution in [2.45, 2.75) is 40.5 Å². The maximum atomic E-state index is 2.21. The standard InChI is InChI=1S/C10H16/c1-7(2)9-5-6-10(9)8(3)4/h5-6H2,1-4H3. The van der Waals surface area contributed by atoms with E-state index >= 15 is 0 Å². The summed E-state index contributed by atoms with van der Waals surface area (Å²) in [5.74, 6) is 0. The summed E-state index contributed by atoms with van der Waals surface area (Å²) in [5, 5.41) is 0. The molecule has 0 spiro atoms. The van der Waals surface area contributed by atoms with E-state index in [0.29, 0.717) is 0 Å². The number of rotatable bonds is 0. The minimum atomic E-state index is 1.31. The summed E-state index contributed by atoms with van der Waals surface area (Å²) in [6, 6.07) is 0. The highest BCUT2D eigenvalue weighted by molar-refractivity contribution is 5.44. The van der Waals surface area contributed by atoms with Gasteiger partial charge in [-0.2, -0.15) is 0 Å². The van der Waals surface area contributed by atoms with Gasteiger partial charge in [-0.25, -0.2) is 0 Å². The lowest BCUT2D eigenvalue weighted by Crippen LogP contribution is -2.06. The molecule has 0 nitrogen and oxygen atoms in total. The lowest BCUT2D eigenvalue weighted by molar-refractivity contribution is 0.791. The van der Waals surface area contributed by atoms with Gasteiger partial charge in [0.25, 0.3) is 0 Å². The van der Waals surface area contributed by atoms with Crippen molar-refractivity contribution in [3.8, 4) is 0 Å². The minimum absolute atomic E-state index is 1.31. The van der Waals surface area contributed by atoms with Crippen LogP contribution in [0.15, 0.2) is 22.3 Å². The van der Waals surface area contributed by atoms with Gasteiger partial charge in [0.2, 0.25) is 0 Å². The minimum Gasteiger partial charge on any atom is -0.0729 e. The van der Waals surface area contributed by atoms with Gasteiger partial charge in [-0.15, -0.1) is 0 Å². The normalized spacial score (nSPS) is 16.8. The third-order valence-corrected chi connectivity index (χ3v) is 2.20. The zero-order chi connectivity index (χ0) is 7.72. The fourth-order valence-electron chi connectivity index (χ4n) is 1.48. The largest absolute Gasteiger partial charge is 0.0729 e. The van der Waals surface area contributed by atoms with E-state index in [9.17, 15) is 0 Å². The van der Waals surface area contributed by atoms with Gasteiger partial charge >= 0.3 is 0 Å². The van der Waals surface area contributed by atoms with Crippen molar-refractivity contribution in [1.29, 1.82) is 0 Å². The van der Waals surface area contributed by atoms with Gasteiger partial charge < -0.3 is 0 Å². The van der Waals surface area contributed by atoms with Crippen LogP contribution in [0, 0.1) is 0 Å². The van der Waals surface area contributed by atoms with E-state index in [-0.39, 0.29) is 0 Å². The van der Waals surface area contributed by atoms with Gasteiger partial charge in [0.05, 0.1) is 0 Å². The van der Waals surface area contributed by atoms with Crippen LogP contribution < -0.4 is 0 Å². The number of allylic oxidation sites excluding steroid dienone is 4. The van der Waals surface area contributed by atoms with Crippen molar-refractivity contribution in [3.63, 3.8) is 0 Å². The van der Waals surface area contributed by atoms with Crippen molar-refractivity contribution in [2.75, 3.05) is 0 Å². The molecule has 0 atom stereocenters. The Morgan fingerprint density at radius 2 is 1.10 bits per heavy atom. The fraction of sp³-hybridized carbons (Fsp3) is 0.600. The van der Waals surface area contributed by atoms with Gasteiger partial charge in [0.15, 0.2) is 0 Å². The summed E-state index contributed by atoms with van der Waals surface area (Å²) in [4.78, 5) is 0. The maximum Gasteiger partial charge on any atom is -0.0236 e. The van der Waals surface area contributed by atoms with E-state index in [2.05, 4.69) is 27.7 Å². The Morgan fingerprint density at radius 3 is 1.20 bits per heavy atom. The van der Waals surface area contributed by atoms with Gasteiger partial charge in [0.1, 0.15) is 0 Å². The van der Waals surface area contributed by atoms with Crippen LogP contribution in [-0.2, 0) is 0 Å². The zero-order valence-electron chi connectivity index (χ0n) is 7.41. The monoisotopic (exact) mass is 136 g/mol. The molecule has 0 aromatic heterocycles. The molecule has 56 valence electrons. The van der Waals surface area contributed by atoms with Crippen LogP contribution in [0.5, 0.6) is 0 Å². The second kappa shape index (κ2) is 2.61. The second-order valence-corrected chi connectivity index (χ2v) is 3.46. The van der Waals surface area contributed by atoms with Crippen LogP contribution in [0.2, 0.25) is 0 Å². The average molecular weight is 136 g/mol. The third-order valence-electron chi connectivity index (χ3n) is 2.20. The highest BCUT2D eigenvalue weighted by Crippen LogP contribution is 2.37. The summed E-state index contributed by atoms with van der Waals surface area (Å²) in [5.41, 5.74) is 6.23. The van der Waals surface area contributed by atoms with Crippen LogP contribution in [0.4, 0.5) is 0 Å². The molecule has 1 rings (SSSR count). The smallest absolute Gasteiger partial charge is 0.0236 e. The first kappa shape index (κ1) is 7.59. The lowest BCUT2D eigenvalue weighted by Gasteiger charge is -2.25. The molecule has 0 radical (unpaired) electrons. The Morgan fingerprint density at radius 1 is 0.800 bits per heavy atom. The molecule has 1 saturated carbocycles. The molecule has 1 fully saturated rings. The first-order valence-corrected chi connectivity index (χ1v) is 3.96. The van der Waals surface area contributed by atoms with Crippen LogP contribution in [0.3, 0.4) is 0 Å². The second-order valence-electron chi connectivity index (χ2n) is 3.46. The maximum absolute atomic E-state index is 2.21. The Kier molecular flexibility index (Phi) is 1.98. The van der Waals surface area contributed by atoms with Crippen molar-refractivity contribution in [1.82, 2.24) is 0 Å². The molecule has 10 heavy (non-hydrogen) atoms. The van der Waals surface area contributed by atoms with E-state index in [1.54, 1.807) is 11.1 Å². The molecule has 0 aromatic carbocycles. The van der Waals surface area contributed by atoms with Crippen molar-refractivity contribution < 1.29 is 0 Å². The summed E-state index contributed by atoms with van der Waals surface area (Å²) in [7, 11) is 0. The molecule has 0 N–H and O–H groups in total. The third kappa shape index (κ3) is 1.16. The number of hydrogen-bond acceptors (Lipinski definition) is 0. The van der Waals surface area contributed by atoms with Gasteiger partial charge in [-0.05, 0) is 51.7 Å². The van der Waals surface area contributed by atoms with Crippen molar-refractivity contribution in [2.24, 2.45) is 0 Å².